The quantitative estimate of drug-likeness (QED) is 0.311. The van der Waals surface area contributed by atoms with E-state index in [1.54, 1.807) is 23.9 Å². The molecule has 4 rings (SSSR count). The standard InChI is InChI=1S/C27H26N2O3S2/c1-18-4-14-24(15-5-18)34(31)17-25-19(2)32-27(29-25)22-10-8-21(9-11-22)26(30)28-16-20-6-12-23(33-3)13-7-20/h4-15H,16-17H2,1-3H3,(H,28,30)/t34-/m0/s1. The van der Waals surface area contributed by atoms with Crippen LogP contribution in [0.4, 0.5) is 0 Å². The second-order valence-electron chi connectivity index (χ2n) is 7.93. The monoisotopic (exact) mass is 490 g/mol. The number of carbonyl (C=O) groups is 1. The number of rotatable bonds is 8. The molecule has 0 saturated carbocycles. The maximum atomic E-state index is 12.7. The van der Waals surface area contributed by atoms with Crippen molar-refractivity contribution in [2.24, 2.45) is 0 Å². The van der Waals surface area contributed by atoms with Crippen molar-refractivity contribution in [3.8, 4) is 11.5 Å². The first-order valence-corrected chi connectivity index (χ1v) is 13.4. The van der Waals surface area contributed by atoms with Gasteiger partial charge < -0.3 is 9.73 Å². The number of nitrogens with one attached hydrogen (secondary N) is 1. The van der Waals surface area contributed by atoms with Gasteiger partial charge in [0.2, 0.25) is 5.89 Å². The van der Waals surface area contributed by atoms with Crippen LogP contribution in [-0.2, 0) is 23.1 Å². The molecule has 0 aliphatic rings. The van der Waals surface area contributed by atoms with Gasteiger partial charge in [-0.1, -0.05) is 29.8 Å². The third-order valence-electron chi connectivity index (χ3n) is 5.45. The van der Waals surface area contributed by atoms with Gasteiger partial charge in [0, 0.05) is 27.5 Å². The van der Waals surface area contributed by atoms with Crippen LogP contribution in [-0.4, -0.2) is 21.4 Å². The summed E-state index contributed by atoms with van der Waals surface area (Å²) in [4.78, 5) is 19.1. The van der Waals surface area contributed by atoms with E-state index in [1.807, 2.05) is 80.8 Å². The van der Waals surface area contributed by atoms with Gasteiger partial charge in [0.25, 0.3) is 5.91 Å². The van der Waals surface area contributed by atoms with Gasteiger partial charge in [-0.05, 0) is 74.2 Å². The minimum atomic E-state index is -1.20. The molecule has 0 fully saturated rings. The molecule has 1 N–H and O–H groups in total. The number of aryl methyl sites for hydroxylation is 2. The Bertz CT molecular complexity index is 1300. The van der Waals surface area contributed by atoms with E-state index in [-0.39, 0.29) is 11.7 Å². The van der Waals surface area contributed by atoms with Crippen LogP contribution in [0.2, 0.25) is 0 Å². The summed E-state index contributed by atoms with van der Waals surface area (Å²) >= 11 is 1.69. The summed E-state index contributed by atoms with van der Waals surface area (Å²) in [5.74, 6) is 1.24. The number of carbonyl (C=O) groups excluding carboxylic acids is 1. The van der Waals surface area contributed by atoms with Gasteiger partial charge in [-0.25, -0.2) is 4.98 Å². The Morgan fingerprint density at radius 3 is 2.29 bits per heavy atom. The van der Waals surface area contributed by atoms with Crippen molar-refractivity contribution in [1.29, 1.82) is 0 Å². The topological polar surface area (TPSA) is 72.2 Å². The van der Waals surface area contributed by atoms with Crippen LogP contribution < -0.4 is 5.32 Å². The molecule has 0 aliphatic carbocycles. The summed E-state index contributed by atoms with van der Waals surface area (Å²) in [6.07, 6.45) is 2.03. The Kier molecular flexibility index (Phi) is 7.65. The summed E-state index contributed by atoms with van der Waals surface area (Å²) in [5.41, 5.74) is 4.17. The van der Waals surface area contributed by atoms with E-state index in [4.69, 9.17) is 4.42 Å². The third-order valence-corrected chi connectivity index (χ3v) is 7.53. The molecule has 7 heteroatoms. The number of hydrogen-bond acceptors (Lipinski definition) is 5. The first kappa shape index (κ1) is 24.0. The number of thioether (sulfide) groups is 1. The SMILES string of the molecule is CSc1ccc(CNC(=O)c2ccc(-c3nc(C[S@](=O)c4ccc(C)cc4)c(C)o3)cc2)cc1. The Labute approximate surface area is 206 Å². The predicted molar refractivity (Wildman–Crippen MR) is 137 cm³/mol. The number of hydrogen-bond donors (Lipinski definition) is 1. The molecular weight excluding hydrogens is 464 g/mol. The molecule has 3 aromatic carbocycles. The Morgan fingerprint density at radius 1 is 0.971 bits per heavy atom. The first-order chi connectivity index (χ1) is 16.4. The summed E-state index contributed by atoms with van der Waals surface area (Å²) < 4.78 is 18.6. The normalized spacial score (nSPS) is 11.9. The molecule has 0 radical (unpaired) electrons. The van der Waals surface area contributed by atoms with Gasteiger partial charge in [0.1, 0.15) is 5.76 Å². The van der Waals surface area contributed by atoms with Crippen molar-refractivity contribution >= 4 is 28.5 Å². The fraction of sp³-hybridized carbons (Fsp3) is 0.185. The number of amides is 1. The van der Waals surface area contributed by atoms with E-state index < -0.39 is 10.8 Å². The van der Waals surface area contributed by atoms with Crippen molar-refractivity contribution in [2.75, 3.05) is 6.26 Å². The van der Waals surface area contributed by atoms with Gasteiger partial charge in [-0.15, -0.1) is 11.8 Å². The molecule has 1 atom stereocenters. The molecule has 0 spiro atoms. The fourth-order valence-electron chi connectivity index (χ4n) is 3.37. The molecule has 1 amide bonds. The average molecular weight is 491 g/mol. The van der Waals surface area contributed by atoms with Crippen molar-refractivity contribution in [3.05, 3.63) is 101 Å². The smallest absolute Gasteiger partial charge is 0.251 e. The molecule has 34 heavy (non-hydrogen) atoms. The highest BCUT2D eigenvalue weighted by Gasteiger charge is 2.16. The maximum absolute atomic E-state index is 12.7. The van der Waals surface area contributed by atoms with Gasteiger partial charge in [-0.2, -0.15) is 0 Å². The van der Waals surface area contributed by atoms with Crippen molar-refractivity contribution < 1.29 is 13.4 Å². The average Bonchev–Trinajstić information content (AvgIpc) is 3.23. The largest absolute Gasteiger partial charge is 0.441 e. The molecule has 174 valence electrons. The molecular formula is C27H26N2O3S2. The number of aromatic nitrogens is 1. The van der Waals surface area contributed by atoms with E-state index in [0.717, 1.165) is 21.6 Å². The zero-order valence-corrected chi connectivity index (χ0v) is 21.0. The van der Waals surface area contributed by atoms with E-state index in [9.17, 15) is 9.00 Å². The molecule has 1 heterocycles. The molecule has 0 saturated heterocycles. The molecule has 0 unspecified atom stereocenters. The lowest BCUT2D eigenvalue weighted by molar-refractivity contribution is 0.0951. The van der Waals surface area contributed by atoms with Crippen LogP contribution >= 0.6 is 11.8 Å². The van der Waals surface area contributed by atoms with Crippen molar-refractivity contribution in [2.45, 2.75) is 35.9 Å². The summed E-state index contributed by atoms with van der Waals surface area (Å²) in [7, 11) is -1.20. The van der Waals surface area contributed by atoms with Gasteiger partial charge in [0.15, 0.2) is 0 Å². The van der Waals surface area contributed by atoms with Gasteiger partial charge in [-0.3, -0.25) is 9.00 Å². The zero-order chi connectivity index (χ0) is 24.1. The zero-order valence-electron chi connectivity index (χ0n) is 19.3. The maximum Gasteiger partial charge on any atom is 0.251 e. The lowest BCUT2D eigenvalue weighted by Crippen LogP contribution is -2.22. The molecule has 4 aromatic rings. The van der Waals surface area contributed by atoms with Gasteiger partial charge >= 0.3 is 0 Å². The van der Waals surface area contributed by atoms with Crippen LogP contribution in [0, 0.1) is 13.8 Å². The van der Waals surface area contributed by atoms with E-state index in [1.165, 1.54) is 4.90 Å². The van der Waals surface area contributed by atoms with Crippen molar-refractivity contribution in [3.63, 3.8) is 0 Å². The van der Waals surface area contributed by atoms with Crippen LogP contribution in [0.15, 0.2) is 87.0 Å². The molecule has 0 aliphatic heterocycles. The minimum absolute atomic E-state index is 0.140. The highest BCUT2D eigenvalue weighted by Crippen LogP contribution is 2.24. The Hall–Kier alpha value is -3.16. The second kappa shape index (κ2) is 10.8. The third kappa shape index (κ3) is 5.85. The lowest BCUT2D eigenvalue weighted by atomic mass is 10.1. The summed E-state index contributed by atoms with van der Waals surface area (Å²) in [6, 6.07) is 22.9. The highest BCUT2D eigenvalue weighted by molar-refractivity contribution is 7.98. The number of benzene rings is 3. The van der Waals surface area contributed by atoms with Crippen LogP contribution in [0.25, 0.3) is 11.5 Å². The first-order valence-electron chi connectivity index (χ1n) is 10.9. The second-order valence-corrected chi connectivity index (χ2v) is 10.3. The molecule has 5 nitrogen and oxygen atoms in total. The van der Waals surface area contributed by atoms with Crippen LogP contribution in [0.5, 0.6) is 0 Å². The van der Waals surface area contributed by atoms with Crippen LogP contribution in [0.1, 0.15) is 32.9 Å². The van der Waals surface area contributed by atoms with E-state index in [2.05, 4.69) is 10.3 Å². The molecule has 0 bridgehead atoms. The van der Waals surface area contributed by atoms with Crippen LogP contribution in [0.3, 0.4) is 0 Å². The van der Waals surface area contributed by atoms with Crippen molar-refractivity contribution in [1.82, 2.24) is 10.3 Å². The van der Waals surface area contributed by atoms with E-state index in [0.29, 0.717) is 29.5 Å². The lowest BCUT2D eigenvalue weighted by Gasteiger charge is -2.06. The van der Waals surface area contributed by atoms with Gasteiger partial charge in [0.05, 0.1) is 22.2 Å². The Morgan fingerprint density at radius 2 is 1.65 bits per heavy atom. The fourth-order valence-corrected chi connectivity index (χ4v) is 4.91. The molecule has 1 aromatic heterocycles. The number of oxazole rings is 1. The highest BCUT2D eigenvalue weighted by atomic mass is 32.2. The van der Waals surface area contributed by atoms with E-state index >= 15 is 0 Å². The summed E-state index contributed by atoms with van der Waals surface area (Å²) in [5, 5.41) is 2.95. The predicted octanol–water partition coefficient (Wildman–Crippen LogP) is 5.92. The minimum Gasteiger partial charge on any atom is -0.441 e. The Balaban J connectivity index is 1.39. The number of nitrogens with zero attached hydrogens (tertiary/aromatic N) is 1. The summed E-state index contributed by atoms with van der Waals surface area (Å²) in [6.45, 7) is 4.29.